The van der Waals surface area contributed by atoms with Crippen LogP contribution in [0.15, 0.2) is 18.3 Å². The molecule has 3 rings (SSSR count). The van der Waals surface area contributed by atoms with Gasteiger partial charge in [-0.25, -0.2) is 0 Å². The highest BCUT2D eigenvalue weighted by Crippen LogP contribution is 2.28. The summed E-state index contributed by atoms with van der Waals surface area (Å²) in [5.41, 5.74) is 1.38. The highest BCUT2D eigenvalue weighted by molar-refractivity contribution is 5.94. The number of carbonyl (C=O) groups excluding carboxylic acids is 1. The predicted molar refractivity (Wildman–Crippen MR) is 86.5 cm³/mol. The third-order valence-electron chi connectivity index (χ3n) is 4.57. The van der Waals surface area contributed by atoms with Crippen molar-refractivity contribution in [1.29, 1.82) is 0 Å². The van der Waals surface area contributed by atoms with Crippen molar-refractivity contribution in [3.8, 4) is 0 Å². The largest absolute Gasteiger partial charge is 0.384 e. The molecule has 23 heavy (non-hydrogen) atoms. The van der Waals surface area contributed by atoms with Gasteiger partial charge in [0, 0.05) is 25.3 Å². The molecule has 124 valence electrons. The van der Waals surface area contributed by atoms with Crippen LogP contribution in [0.25, 0.3) is 5.65 Å². The third-order valence-corrected chi connectivity index (χ3v) is 4.57. The summed E-state index contributed by atoms with van der Waals surface area (Å²) >= 11 is 0. The zero-order valence-corrected chi connectivity index (χ0v) is 13.6. The first-order valence-corrected chi connectivity index (χ1v) is 7.93. The van der Waals surface area contributed by atoms with Crippen molar-refractivity contribution in [2.75, 3.05) is 33.4 Å². The summed E-state index contributed by atoms with van der Waals surface area (Å²) in [7, 11) is 1.72. The van der Waals surface area contributed by atoms with Crippen molar-refractivity contribution in [3.05, 3.63) is 29.7 Å². The molecule has 0 aliphatic carbocycles. The van der Waals surface area contributed by atoms with Crippen LogP contribution in [0.3, 0.4) is 0 Å². The first-order valence-electron chi connectivity index (χ1n) is 7.93. The van der Waals surface area contributed by atoms with Crippen LogP contribution in [0.2, 0.25) is 0 Å². The predicted octanol–water partition coefficient (Wildman–Crippen LogP) is 0.784. The lowest BCUT2D eigenvalue weighted by Gasteiger charge is -2.37. The van der Waals surface area contributed by atoms with Crippen molar-refractivity contribution in [1.82, 2.24) is 25.2 Å². The number of fused-ring (bicyclic) bond motifs is 1. The van der Waals surface area contributed by atoms with E-state index in [1.807, 2.05) is 17.4 Å². The number of hydrogen-bond donors (Lipinski definition) is 2. The molecule has 0 radical (unpaired) electrons. The topological polar surface area (TPSA) is 80.5 Å². The molecule has 1 fully saturated rings. The second-order valence-corrected chi connectivity index (χ2v) is 6.26. The second-order valence-electron chi connectivity index (χ2n) is 6.26. The van der Waals surface area contributed by atoms with E-state index in [0.29, 0.717) is 18.7 Å². The molecular formula is C16H23N5O2. The summed E-state index contributed by atoms with van der Waals surface area (Å²) in [6.07, 6.45) is 3.79. The maximum Gasteiger partial charge on any atom is 0.252 e. The minimum atomic E-state index is -0.0750. The Hall–Kier alpha value is -1.99. The van der Waals surface area contributed by atoms with Gasteiger partial charge >= 0.3 is 0 Å². The Balaban J connectivity index is 1.70. The third kappa shape index (κ3) is 3.35. The zero-order valence-electron chi connectivity index (χ0n) is 13.6. The normalized spacial score (nSPS) is 17.3. The van der Waals surface area contributed by atoms with Crippen LogP contribution in [-0.4, -0.2) is 53.9 Å². The zero-order chi connectivity index (χ0) is 16.3. The van der Waals surface area contributed by atoms with Gasteiger partial charge in [-0.15, -0.1) is 10.2 Å². The van der Waals surface area contributed by atoms with Gasteiger partial charge in [-0.05, 0) is 45.0 Å². The number of aryl methyl sites for hydroxylation is 1. The van der Waals surface area contributed by atoms with Crippen LogP contribution in [0.5, 0.6) is 0 Å². The van der Waals surface area contributed by atoms with E-state index in [9.17, 15) is 4.79 Å². The number of hydrogen-bond acceptors (Lipinski definition) is 5. The second kappa shape index (κ2) is 6.64. The van der Waals surface area contributed by atoms with Crippen LogP contribution in [0, 0.1) is 12.3 Å². The van der Waals surface area contributed by atoms with E-state index >= 15 is 0 Å². The number of pyridine rings is 1. The van der Waals surface area contributed by atoms with E-state index in [2.05, 4.69) is 20.8 Å². The Morgan fingerprint density at radius 3 is 2.91 bits per heavy atom. The quantitative estimate of drug-likeness (QED) is 0.852. The molecule has 2 N–H and O–H groups in total. The number of amides is 1. The minimum absolute atomic E-state index is 0.0201. The van der Waals surface area contributed by atoms with Crippen molar-refractivity contribution in [2.24, 2.45) is 5.41 Å². The molecule has 1 aliphatic rings. The summed E-state index contributed by atoms with van der Waals surface area (Å²) in [6, 6.07) is 3.59. The van der Waals surface area contributed by atoms with Crippen LogP contribution >= 0.6 is 0 Å². The Bertz CT molecular complexity index is 685. The summed E-state index contributed by atoms with van der Waals surface area (Å²) in [5, 5.41) is 14.5. The molecule has 0 atom stereocenters. The number of aromatic nitrogens is 3. The van der Waals surface area contributed by atoms with Gasteiger partial charge in [-0.3, -0.25) is 9.20 Å². The van der Waals surface area contributed by atoms with Gasteiger partial charge < -0.3 is 15.4 Å². The fraction of sp³-hybridized carbons (Fsp3) is 0.562. The number of methoxy groups -OCH3 is 1. The van der Waals surface area contributed by atoms with E-state index in [-0.39, 0.29) is 11.3 Å². The summed E-state index contributed by atoms with van der Waals surface area (Å²) in [4.78, 5) is 12.5. The number of carbonyl (C=O) groups is 1. The fourth-order valence-electron chi connectivity index (χ4n) is 3.14. The average molecular weight is 317 g/mol. The molecule has 7 nitrogen and oxygen atoms in total. The van der Waals surface area contributed by atoms with E-state index in [1.165, 1.54) is 0 Å². The molecule has 1 saturated heterocycles. The van der Waals surface area contributed by atoms with Crippen LogP contribution in [-0.2, 0) is 4.74 Å². The molecule has 0 saturated carbocycles. The Morgan fingerprint density at radius 2 is 2.17 bits per heavy atom. The first-order chi connectivity index (χ1) is 11.1. The summed E-state index contributed by atoms with van der Waals surface area (Å²) < 4.78 is 7.21. The molecule has 2 aromatic rings. The van der Waals surface area contributed by atoms with Gasteiger partial charge in [0.25, 0.3) is 5.91 Å². The van der Waals surface area contributed by atoms with Gasteiger partial charge in [0.2, 0.25) is 0 Å². The standard InChI is InChI=1S/C16H23N5O2/c1-12-19-20-14-4-3-13(9-21(12)14)15(22)18-10-16(11-23-2)5-7-17-8-6-16/h3-4,9,17H,5-8,10-11H2,1-2H3,(H,18,22). The summed E-state index contributed by atoms with van der Waals surface area (Å²) in [5.74, 6) is 0.692. The van der Waals surface area contributed by atoms with Gasteiger partial charge in [-0.2, -0.15) is 0 Å². The molecular weight excluding hydrogens is 294 g/mol. The van der Waals surface area contributed by atoms with Crippen molar-refractivity contribution in [3.63, 3.8) is 0 Å². The lowest BCUT2D eigenvalue weighted by molar-refractivity contribution is 0.0511. The number of nitrogens with one attached hydrogen (secondary N) is 2. The Labute approximate surface area is 135 Å². The maximum absolute atomic E-state index is 12.5. The van der Waals surface area contributed by atoms with Crippen molar-refractivity contribution in [2.45, 2.75) is 19.8 Å². The summed E-state index contributed by atoms with van der Waals surface area (Å²) in [6.45, 7) is 5.08. The van der Waals surface area contributed by atoms with E-state index in [1.54, 1.807) is 19.4 Å². The molecule has 0 bridgehead atoms. The smallest absolute Gasteiger partial charge is 0.252 e. The molecule has 0 spiro atoms. The molecule has 1 aliphatic heterocycles. The number of rotatable bonds is 5. The van der Waals surface area contributed by atoms with Crippen LogP contribution in [0.4, 0.5) is 0 Å². The molecule has 0 unspecified atom stereocenters. The lowest BCUT2D eigenvalue weighted by Crippen LogP contribution is -2.47. The number of piperidine rings is 1. The highest BCUT2D eigenvalue weighted by atomic mass is 16.5. The van der Waals surface area contributed by atoms with Crippen molar-refractivity contribution >= 4 is 11.6 Å². The SMILES string of the molecule is COCC1(CNC(=O)c2ccc3nnc(C)n3c2)CCNCC1. The Kier molecular flexibility index (Phi) is 4.58. The van der Waals surface area contributed by atoms with Crippen molar-refractivity contribution < 1.29 is 9.53 Å². The molecule has 0 aromatic carbocycles. The van der Waals surface area contributed by atoms with Gasteiger partial charge in [0.1, 0.15) is 5.82 Å². The van der Waals surface area contributed by atoms with Gasteiger partial charge in [-0.1, -0.05) is 0 Å². The average Bonchev–Trinajstić information content (AvgIpc) is 2.95. The lowest BCUT2D eigenvalue weighted by atomic mass is 9.79. The van der Waals surface area contributed by atoms with E-state index < -0.39 is 0 Å². The molecule has 3 heterocycles. The van der Waals surface area contributed by atoms with E-state index in [0.717, 1.165) is 37.4 Å². The minimum Gasteiger partial charge on any atom is -0.384 e. The molecule has 7 heteroatoms. The Morgan fingerprint density at radius 1 is 1.39 bits per heavy atom. The fourth-order valence-corrected chi connectivity index (χ4v) is 3.14. The molecule has 2 aromatic heterocycles. The van der Waals surface area contributed by atoms with Crippen LogP contribution in [0.1, 0.15) is 29.0 Å². The number of nitrogens with zero attached hydrogens (tertiary/aromatic N) is 3. The van der Waals surface area contributed by atoms with Crippen LogP contribution < -0.4 is 10.6 Å². The first kappa shape index (κ1) is 15.9. The van der Waals surface area contributed by atoms with Gasteiger partial charge in [0.05, 0.1) is 12.2 Å². The van der Waals surface area contributed by atoms with E-state index in [4.69, 9.17) is 4.74 Å². The maximum atomic E-state index is 12.5. The molecule has 1 amide bonds. The monoisotopic (exact) mass is 317 g/mol. The highest BCUT2D eigenvalue weighted by Gasteiger charge is 2.32. The number of ether oxygens (including phenoxy) is 1. The van der Waals surface area contributed by atoms with Gasteiger partial charge in [0.15, 0.2) is 5.65 Å².